The summed E-state index contributed by atoms with van der Waals surface area (Å²) in [5.41, 5.74) is 0.872. The van der Waals surface area contributed by atoms with Gasteiger partial charge in [0.05, 0.1) is 16.5 Å². The van der Waals surface area contributed by atoms with Crippen LogP contribution in [-0.2, 0) is 0 Å². The van der Waals surface area contributed by atoms with Crippen molar-refractivity contribution in [2.75, 3.05) is 13.1 Å². The zero-order chi connectivity index (χ0) is 16.5. The highest BCUT2D eigenvalue weighted by Crippen LogP contribution is 2.28. The van der Waals surface area contributed by atoms with Gasteiger partial charge in [-0.1, -0.05) is 12.1 Å². The van der Waals surface area contributed by atoms with E-state index in [0.717, 1.165) is 10.2 Å². The molecule has 1 fully saturated rings. The first-order chi connectivity index (χ1) is 11.7. The largest absolute Gasteiger partial charge is 0.459 e. The molecule has 3 aromatic rings. The fourth-order valence-corrected chi connectivity index (χ4v) is 4.04. The number of carbonyl (C=O) groups is 2. The van der Waals surface area contributed by atoms with Crippen molar-refractivity contribution in [1.82, 2.24) is 9.88 Å². The van der Waals surface area contributed by atoms with Crippen molar-refractivity contribution in [3.8, 4) is 0 Å². The van der Waals surface area contributed by atoms with Crippen LogP contribution in [0.1, 0.15) is 33.2 Å². The van der Waals surface area contributed by atoms with Crippen LogP contribution in [0.3, 0.4) is 0 Å². The van der Waals surface area contributed by atoms with E-state index in [9.17, 15) is 9.59 Å². The number of aromatic nitrogens is 1. The Kier molecular flexibility index (Phi) is 3.90. The molecule has 0 unspecified atom stereocenters. The van der Waals surface area contributed by atoms with Gasteiger partial charge in [-0.25, -0.2) is 4.98 Å². The number of amides is 1. The summed E-state index contributed by atoms with van der Waals surface area (Å²) < 4.78 is 6.19. The van der Waals surface area contributed by atoms with Gasteiger partial charge in [0, 0.05) is 19.0 Å². The zero-order valence-electron chi connectivity index (χ0n) is 13.0. The molecule has 5 nitrogen and oxygen atoms in total. The molecule has 1 saturated heterocycles. The highest BCUT2D eigenvalue weighted by Gasteiger charge is 2.30. The van der Waals surface area contributed by atoms with E-state index >= 15 is 0 Å². The maximum absolute atomic E-state index is 12.7. The molecule has 1 aliphatic heterocycles. The smallest absolute Gasteiger partial charge is 0.289 e. The second-order valence-electron chi connectivity index (χ2n) is 5.89. The van der Waals surface area contributed by atoms with Gasteiger partial charge in [0.25, 0.3) is 5.91 Å². The Morgan fingerprint density at radius 3 is 2.62 bits per heavy atom. The average Bonchev–Trinajstić information content (AvgIpc) is 3.30. The van der Waals surface area contributed by atoms with Gasteiger partial charge in [0.1, 0.15) is 0 Å². The standard InChI is InChI=1S/C18H16N2O3S/c21-16(17-19-13-4-1-2-6-15(13)24-17)12-7-9-20(10-8-12)18(22)14-5-3-11-23-14/h1-6,11-12H,7-10H2. The topological polar surface area (TPSA) is 63.4 Å². The molecule has 0 atom stereocenters. The Labute approximate surface area is 142 Å². The van der Waals surface area contributed by atoms with Crippen LogP contribution >= 0.6 is 11.3 Å². The molecule has 1 aliphatic rings. The van der Waals surface area contributed by atoms with E-state index in [-0.39, 0.29) is 17.6 Å². The lowest BCUT2D eigenvalue weighted by Gasteiger charge is -2.30. The first kappa shape index (κ1) is 15.1. The summed E-state index contributed by atoms with van der Waals surface area (Å²) in [4.78, 5) is 31.2. The molecule has 0 saturated carbocycles. The van der Waals surface area contributed by atoms with Gasteiger partial charge >= 0.3 is 0 Å². The highest BCUT2D eigenvalue weighted by molar-refractivity contribution is 7.20. The van der Waals surface area contributed by atoms with E-state index in [0.29, 0.717) is 36.7 Å². The van der Waals surface area contributed by atoms with Crippen molar-refractivity contribution >= 4 is 33.2 Å². The van der Waals surface area contributed by atoms with Gasteiger partial charge in [-0.05, 0) is 37.1 Å². The maximum Gasteiger partial charge on any atom is 0.289 e. The number of thiazole rings is 1. The number of nitrogens with zero attached hydrogens (tertiary/aromatic N) is 2. The minimum Gasteiger partial charge on any atom is -0.459 e. The molecule has 1 amide bonds. The van der Waals surface area contributed by atoms with Crippen molar-refractivity contribution in [2.45, 2.75) is 12.8 Å². The number of hydrogen-bond acceptors (Lipinski definition) is 5. The van der Waals surface area contributed by atoms with E-state index in [1.54, 1.807) is 17.0 Å². The van der Waals surface area contributed by atoms with Crippen molar-refractivity contribution in [2.24, 2.45) is 5.92 Å². The first-order valence-corrected chi connectivity index (χ1v) is 8.76. The number of Topliss-reactive ketones (excluding diaryl/α,β-unsaturated/α-hetero) is 1. The van der Waals surface area contributed by atoms with Gasteiger partial charge < -0.3 is 9.32 Å². The lowest BCUT2D eigenvalue weighted by Crippen LogP contribution is -2.40. The number of benzene rings is 1. The first-order valence-electron chi connectivity index (χ1n) is 7.95. The highest BCUT2D eigenvalue weighted by atomic mass is 32.1. The Bertz CT molecular complexity index is 844. The number of carbonyl (C=O) groups excluding carboxylic acids is 2. The van der Waals surface area contributed by atoms with E-state index in [1.807, 2.05) is 24.3 Å². The Morgan fingerprint density at radius 2 is 1.92 bits per heavy atom. The number of rotatable bonds is 3. The molecule has 24 heavy (non-hydrogen) atoms. The van der Waals surface area contributed by atoms with E-state index in [4.69, 9.17) is 4.42 Å². The minimum atomic E-state index is -0.106. The molecular formula is C18H16N2O3S. The van der Waals surface area contributed by atoms with Crippen molar-refractivity contribution in [3.63, 3.8) is 0 Å². The van der Waals surface area contributed by atoms with Crippen LogP contribution in [-0.4, -0.2) is 34.7 Å². The maximum atomic E-state index is 12.7. The van der Waals surface area contributed by atoms with Gasteiger partial charge in [0.2, 0.25) is 0 Å². The number of piperidine rings is 1. The van der Waals surface area contributed by atoms with Crippen LogP contribution < -0.4 is 0 Å². The molecule has 0 radical (unpaired) electrons. The third kappa shape index (κ3) is 2.73. The summed E-state index contributed by atoms with van der Waals surface area (Å²) in [6.07, 6.45) is 2.83. The van der Waals surface area contributed by atoms with Crippen LogP contribution in [0.4, 0.5) is 0 Å². The van der Waals surface area contributed by atoms with Crippen molar-refractivity contribution < 1.29 is 14.0 Å². The Balaban J connectivity index is 1.43. The van der Waals surface area contributed by atoms with E-state index in [2.05, 4.69) is 4.98 Å². The molecule has 2 aromatic heterocycles. The van der Waals surface area contributed by atoms with Crippen LogP contribution in [0.15, 0.2) is 47.1 Å². The van der Waals surface area contributed by atoms with Crippen LogP contribution in [0.25, 0.3) is 10.2 Å². The van der Waals surface area contributed by atoms with E-state index < -0.39 is 0 Å². The normalized spacial score (nSPS) is 15.8. The summed E-state index contributed by atoms with van der Waals surface area (Å²) in [6, 6.07) is 11.2. The Hall–Kier alpha value is -2.47. The quantitative estimate of drug-likeness (QED) is 0.683. The van der Waals surface area contributed by atoms with Gasteiger partial charge in [0.15, 0.2) is 16.6 Å². The monoisotopic (exact) mass is 340 g/mol. The molecule has 4 rings (SSSR count). The zero-order valence-corrected chi connectivity index (χ0v) is 13.8. The summed E-state index contributed by atoms with van der Waals surface area (Å²) in [6.45, 7) is 1.14. The number of furan rings is 1. The third-order valence-electron chi connectivity index (χ3n) is 4.39. The van der Waals surface area contributed by atoms with Crippen LogP contribution in [0.2, 0.25) is 0 Å². The molecule has 0 aliphatic carbocycles. The fraction of sp³-hybridized carbons (Fsp3) is 0.278. The summed E-state index contributed by atoms with van der Waals surface area (Å²) in [7, 11) is 0. The minimum absolute atomic E-state index is 0.0637. The molecule has 0 N–H and O–H groups in total. The summed E-state index contributed by atoms with van der Waals surface area (Å²) >= 11 is 1.45. The predicted molar refractivity (Wildman–Crippen MR) is 91.3 cm³/mol. The van der Waals surface area contributed by atoms with Gasteiger partial charge in [-0.15, -0.1) is 11.3 Å². The lowest BCUT2D eigenvalue weighted by molar-refractivity contribution is 0.0624. The predicted octanol–water partition coefficient (Wildman–Crippen LogP) is 3.62. The molecule has 122 valence electrons. The lowest BCUT2D eigenvalue weighted by atomic mass is 9.92. The van der Waals surface area contributed by atoms with Gasteiger partial charge in [-0.2, -0.15) is 0 Å². The Morgan fingerprint density at radius 1 is 1.12 bits per heavy atom. The molecular weight excluding hydrogens is 324 g/mol. The summed E-state index contributed by atoms with van der Waals surface area (Å²) in [5, 5.41) is 0.576. The van der Waals surface area contributed by atoms with Crippen LogP contribution in [0, 0.1) is 5.92 Å². The SMILES string of the molecule is O=C(c1nc2ccccc2s1)C1CCN(C(=O)c2ccco2)CC1. The summed E-state index contributed by atoms with van der Waals surface area (Å²) in [5.74, 6) is 0.282. The van der Waals surface area contributed by atoms with Gasteiger partial charge in [-0.3, -0.25) is 9.59 Å². The number of likely N-dealkylation sites (tertiary alicyclic amines) is 1. The molecule has 0 spiro atoms. The molecule has 1 aromatic carbocycles. The van der Waals surface area contributed by atoms with Crippen molar-refractivity contribution in [3.05, 3.63) is 53.4 Å². The molecule has 6 heteroatoms. The van der Waals surface area contributed by atoms with Crippen molar-refractivity contribution in [1.29, 1.82) is 0 Å². The fourth-order valence-electron chi connectivity index (χ4n) is 3.05. The number of ketones is 1. The molecule has 0 bridgehead atoms. The second-order valence-corrected chi connectivity index (χ2v) is 6.93. The third-order valence-corrected chi connectivity index (χ3v) is 5.44. The number of hydrogen-bond donors (Lipinski definition) is 0. The number of fused-ring (bicyclic) bond motifs is 1. The average molecular weight is 340 g/mol. The second kappa shape index (κ2) is 6.20. The van der Waals surface area contributed by atoms with Crippen LogP contribution in [0.5, 0.6) is 0 Å². The number of para-hydroxylation sites is 1. The van der Waals surface area contributed by atoms with E-state index in [1.165, 1.54) is 17.6 Å². The molecule has 3 heterocycles.